The highest BCUT2D eigenvalue weighted by atomic mass is 16.5. The lowest BCUT2D eigenvalue weighted by Crippen LogP contribution is -2.52. The maximum atomic E-state index is 13.0. The third kappa shape index (κ3) is 11.1. The third-order valence-corrected chi connectivity index (χ3v) is 4.62. The molecule has 0 bridgehead atoms. The second kappa shape index (κ2) is 16.3. The Morgan fingerprint density at radius 2 is 1.84 bits per heavy atom. The number of nitrogens with one attached hydrogen (secondary N) is 2. The molecule has 0 aliphatic rings. The number of carbonyl (C=O) groups excluding carboxylic acids is 4. The quantitative estimate of drug-likeness (QED) is 0.142. The van der Waals surface area contributed by atoms with Crippen molar-refractivity contribution in [3.8, 4) is 12.3 Å². The summed E-state index contributed by atoms with van der Waals surface area (Å²) >= 11 is 0. The van der Waals surface area contributed by atoms with E-state index < -0.39 is 24.0 Å². The maximum absolute atomic E-state index is 13.0. The normalized spacial score (nSPS) is 11.9. The minimum absolute atomic E-state index is 0.181. The largest absolute Gasteiger partial charge is 0.464 e. The van der Waals surface area contributed by atoms with Crippen LogP contribution in [0.3, 0.4) is 0 Å². The van der Waals surface area contributed by atoms with E-state index in [4.69, 9.17) is 11.2 Å². The molecule has 0 aromatic heterocycles. The number of esters is 1. The highest BCUT2D eigenvalue weighted by Gasteiger charge is 2.27. The molecular formula is C24H31N3O5. The molecule has 8 nitrogen and oxygen atoms in total. The van der Waals surface area contributed by atoms with Gasteiger partial charge in [-0.05, 0) is 38.2 Å². The number of amides is 2. The number of benzene rings is 1. The Hall–Kier alpha value is -3.43. The van der Waals surface area contributed by atoms with Crippen LogP contribution in [0.5, 0.6) is 0 Å². The lowest BCUT2D eigenvalue weighted by atomic mass is 10.0. The number of nitrogens with zero attached hydrogens (tertiary/aromatic N) is 1. The fourth-order valence-corrected chi connectivity index (χ4v) is 3.03. The van der Waals surface area contributed by atoms with E-state index in [1.807, 2.05) is 30.3 Å². The van der Waals surface area contributed by atoms with Crippen molar-refractivity contribution in [1.82, 2.24) is 10.6 Å². The zero-order chi connectivity index (χ0) is 23.6. The van der Waals surface area contributed by atoms with Gasteiger partial charge in [-0.15, -0.1) is 12.3 Å². The zero-order valence-corrected chi connectivity index (χ0v) is 18.5. The van der Waals surface area contributed by atoms with E-state index in [0.29, 0.717) is 38.6 Å². The Bertz CT molecular complexity index is 813. The van der Waals surface area contributed by atoms with Crippen LogP contribution < -0.4 is 10.6 Å². The summed E-state index contributed by atoms with van der Waals surface area (Å²) in [7, 11) is 0. The number of aliphatic imine (C=N–C) groups is 1. The summed E-state index contributed by atoms with van der Waals surface area (Å²) in [5, 5.41) is 5.47. The fourth-order valence-electron chi connectivity index (χ4n) is 3.03. The van der Waals surface area contributed by atoms with Gasteiger partial charge in [0.1, 0.15) is 12.1 Å². The number of hydrogen-bond acceptors (Lipinski definition) is 6. The first-order valence-electron chi connectivity index (χ1n) is 10.8. The van der Waals surface area contributed by atoms with E-state index in [2.05, 4.69) is 21.5 Å². The summed E-state index contributed by atoms with van der Waals surface area (Å²) in [4.78, 5) is 51.4. The molecular weight excluding hydrogens is 410 g/mol. The number of terminal acetylenes is 1. The lowest BCUT2D eigenvalue weighted by Gasteiger charge is -2.23. The number of ether oxygens (including phenoxy) is 1. The van der Waals surface area contributed by atoms with Gasteiger partial charge in [-0.25, -0.2) is 14.6 Å². The van der Waals surface area contributed by atoms with Crippen molar-refractivity contribution >= 4 is 23.9 Å². The van der Waals surface area contributed by atoms with Crippen molar-refractivity contribution in [3.05, 3.63) is 35.9 Å². The van der Waals surface area contributed by atoms with Crippen LogP contribution in [0.15, 0.2) is 35.3 Å². The second-order valence-electron chi connectivity index (χ2n) is 7.15. The van der Waals surface area contributed by atoms with Crippen molar-refractivity contribution in [3.63, 3.8) is 0 Å². The Kier molecular flexibility index (Phi) is 13.5. The average molecular weight is 442 g/mol. The molecule has 1 aromatic carbocycles. The van der Waals surface area contributed by atoms with Crippen LogP contribution in [0.25, 0.3) is 0 Å². The van der Waals surface area contributed by atoms with E-state index in [9.17, 15) is 19.2 Å². The molecule has 0 spiro atoms. The lowest BCUT2D eigenvalue weighted by molar-refractivity contribution is -0.147. The Morgan fingerprint density at radius 3 is 2.50 bits per heavy atom. The van der Waals surface area contributed by atoms with Gasteiger partial charge in [0.15, 0.2) is 0 Å². The zero-order valence-electron chi connectivity index (χ0n) is 18.5. The molecule has 2 atom stereocenters. The molecule has 0 aliphatic carbocycles. The van der Waals surface area contributed by atoms with E-state index >= 15 is 0 Å². The SMILES string of the molecule is C#CCCCC(=O)N[C@H](Cc1ccccc1)C(=O)N[C@@H](CCCCN=C=O)C(=O)OCC. The van der Waals surface area contributed by atoms with Crippen LogP contribution in [0, 0.1) is 12.3 Å². The summed E-state index contributed by atoms with van der Waals surface area (Å²) in [5.74, 6) is 1.19. The van der Waals surface area contributed by atoms with Crippen molar-refractivity contribution in [1.29, 1.82) is 0 Å². The summed E-state index contributed by atoms with van der Waals surface area (Å²) in [6, 6.07) is 7.57. The van der Waals surface area contributed by atoms with Crippen molar-refractivity contribution < 1.29 is 23.9 Å². The molecule has 0 fully saturated rings. The van der Waals surface area contributed by atoms with Gasteiger partial charge in [-0.2, -0.15) is 0 Å². The van der Waals surface area contributed by atoms with Crippen LogP contribution in [0.4, 0.5) is 0 Å². The summed E-state index contributed by atoms with van der Waals surface area (Å²) in [6.45, 7) is 2.17. The first-order chi connectivity index (χ1) is 15.5. The molecule has 32 heavy (non-hydrogen) atoms. The number of unbranched alkanes of at least 4 members (excludes halogenated alkanes) is 2. The molecule has 0 aliphatic heterocycles. The van der Waals surface area contributed by atoms with Crippen LogP contribution >= 0.6 is 0 Å². The molecule has 0 heterocycles. The fraction of sp³-hybridized carbons (Fsp3) is 0.500. The Labute approximate surface area is 189 Å². The first kappa shape index (κ1) is 26.6. The Balaban J connectivity index is 2.86. The van der Waals surface area contributed by atoms with Crippen LogP contribution in [-0.2, 0) is 30.3 Å². The second-order valence-corrected chi connectivity index (χ2v) is 7.15. The maximum Gasteiger partial charge on any atom is 0.328 e. The first-order valence-corrected chi connectivity index (χ1v) is 10.8. The van der Waals surface area contributed by atoms with E-state index in [0.717, 1.165) is 5.56 Å². The minimum Gasteiger partial charge on any atom is -0.464 e. The number of rotatable bonds is 15. The molecule has 2 amide bonds. The van der Waals surface area contributed by atoms with Gasteiger partial charge in [0.25, 0.3) is 0 Å². The molecule has 0 radical (unpaired) electrons. The van der Waals surface area contributed by atoms with Crippen LogP contribution in [0.1, 0.15) is 51.0 Å². The average Bonchev–Trinajstić information content (AvgIpc) is 2.78. The standard InChI is InChI=1S/C24H31N3O5/c1-3-5-7-15-22(29)26-21(17-19-12-8-6-9-13-19)23(30)27-20(24(31)32-4-2)14-10-11-16-25-18-28/h1,6,8-9,12-13,20-21H,4-5,7,10-11,14-17H2,2H3,(H,26,29)(H,27,30)/t20-,21+/m0/s1. The number of hydrogen-bond donors (Lipinski definition) is 2. The molecule has 0 unspecified atom stereocenters. The predicted molar refractivity (Wildman–Crippen MR) is 120 cm³/mol. The van der Waals surface area contributed by atoms with Gasteiger partial charge < -0.3 is 15.4 Å². The summed E-state index contributed by atoms with van der Waals surface area (Å²) in [5.41, 5.74) is 0.871. The van der Waals surface area contributed by atoms with E-state index in [1.165, 1.54) is 6.08 Å². The van der Waals surface area contributed by atoms with Gasteiger partial charge >= 0.3 is 5.97 Å². The van der Waals surface area contributed by atoms with Crippen molar-refractivity contribution in [2.24, 2.45) is 4.99 Å². The molecule has 1 rings (SSSR count). The highest BCUT2D eigenvalue weighted by Crippen LogP contribution is 2.08. The summed E-state index contributed by atoms with van der Waals surface area (Å²) in [6.07, 6.45) is 9.63. The molecule has 0 saturated carbocycles. The van der Waals surface area contributed by atoms with Gasteiger partial charge in [0.05, 0.1) is 13.2 Å². The van der Waals surface area contributed by atoms with Crippen LogP contribution in [-0.4, -0.2) is 49.1 Å². The van der Waals surface area contributed by atoms with E-state index in [-0.39, 0.29) is 25.4 Å². The Morgan fingerprint density at radius 1 is 1.09 bits per heavy atom. The smallest absolute Gasteiger partial charge is 0.328 e. The van der Waals surface area contributed by atoms with Gasteiger partial charge in [0.2, 0.25) is 17.9 Å². The third-order valence-electron chi connectivity index (χ3n) is 4.62. The minimum atomic E-state index is -0.862. The predicted octanol–water partition coefficient (Wildman–Crippen LogP) is 2.07. The molecule has 172 valence electrons. The van der Waals surface area contributed by atoms with Gasteiger partial charge in [-0.1, -0.05) is 30.3 Å². The van der Waals surface area contributed by atoms with Crippen molar-refractivity contribution in [2.45, 2.75) is 64.0 Å². The molecule has 8 heteroatoms. The van der Waals surface area contributed by atoms with Gasteiger partial charge in [0, 0.05) is 19.3 Å². The molecule has 0 saturated heterocycles. The van der Waals surface area contributed by atoms with E-state index in [1.54, 1.807) is 6.92 Å². The van der Waals surface area contributed by atoms with Gasteiger partial charge in [-0.3, -0.25) is 9.59 Å². The molecule has 2 N–H and O–H groups in total. The monoisotopic (exact) mass is 441 g/mol. The van der Waals surface area contributed by atoms with Crippen LogP contribution in [0.2, 0.25) is 0 Å². The summed E-state index contributed by atoms with van der Waals surface area (Å²) < 4.78 is 5.08. The highest BCUT2D eigenvalue weighted by molar-refractivity contribution is 5.91. The number of carbonyl (C=O) groups is 3. The number of isocyanates is 1. The van der Waals surface area contributed by atoms with Crippen molar-refractivity contribution in [2.75, 3.05) is 13.2 Å². The molecule has 1 aromatic rings. The topological polar surface area (TPSA) is 114 Å².